The third-order valence-corrected chi connectivity index (χ3v) is 5.58. The first-order valence-electron chi connectivity index (χ1n) is 8.23. The topological polar surface area (TPSA) is 75.7 Å². The predicted molar refractivity (Wildman–Crippen MR) is 97.1 cm³/mol. The molecule has 152 valence electrons. The molecule has 0 heterocycles. The second kappa shape index (κ2) is 8.61. The summed E-state index contributed by atoms with van der Waals surface area (Å²) in [5, 5.41) is 2.60. The van der Waals surface area contributed by atoms with Crippen LogP contribution in [0.5, 0.6) is 5.75 Å². The van der Waals surface area contributed by atoms with E-state index in [0.717, 1.165) is 10.4 Å². The summed E-state index contributed by atoms with van der Waals surface area (Å²) in [5.74, 6) is -0.677. The molecule has 28 heavy (non-hydrogen) atoms. The number of benzene rings is 2. The van der Waals surface area contributed by atoms with Gasteiger partial charge in [0.05, 0.1) is 4.90 Å². The monoisotopic (exact) mass is 416 g/mol. The van der Waals surface area contributed by atoms with Crippen molar-refractivity contribution in [3.8, 4) is 5.75 Å². The van der Waals surface area contributed by atoms with E-state index < -0.39 is 22.1 Å². The molecule has 0 radical (unpaired) electrons. The van der Waals surface area contributed by atoms with Crippen LogP contribution in [0.2, 0.25) is 0 Å². The fourth-order valence-corrected chi connectivity index (χ4v) is 3.47. The lowest BCUT2D eigenvalue weighted by Gasteiger charge is -2.20. The number of nitrogens with one attached hydrogen (secondary N) is 1. The lowest BCUT2D eigenvalue weighted by Crippen LogP contribution is -2.27. The first-order valence-corrected chi connectivity index (χ1v) is 9.67. The molecule has 0 aliphatic rings. The van der Waals surface area contributed by atoms with Gasteiger partial charge in [0.15, 0.2) is 0 Å². The number of carbonyl (C=O) groups excluding carboxylic acids is 1. The number of sulfonamides is 1. The molecule has 0 aromatic heterocycles. The smallest absolute Gasteiger partial charge is 0.405 e. The van der Waals surface area contributed by atoms with Crippen molar-refractivity contribution in [2.24, 2.45) is 0 Å². The van der Waals surface area contributed by atoms with Gasteiger partial charge in [-0.1, -0.05) is 25.1 Å². The molecule has 2 aromatic carbocycles. The molecule has 0 aliphatic carbocycles. The average Bonchev–Trinajstić information content (AvgIpc) is 2.62. The summed E-state index contributed by atoms with van der Waals surface area (Å²) in [6.07, 6.45) is -4.60. The van der Waals surface area contributed by atoms with Crippen molar-refractivity contribution in [1.29, 1.82) is 0 Å². The number of rotatable bonds is 7. The van der Waals surface area contributed by atoms with Crippen LogP contribution in [0.1, 0.15) is 18.9 Å². The van der Waals surface area contributed by atoms with Crippen molar-refractivity contribution in [3.05, 3.63) is 54.1 Å². The van der Waals surface area contributed by atoms with Crippen molar-refractivity contribution >= 4 is 21.6 Å². The van der Waals surface area contributed by atoms with Crippen molar-refractivity contribution in [2.75, 3.05) is 12.4 Å². The van der Waals surface area contributed by atoms with Crippen LogP contribution >= 0.6 is 0 Å². The van der Waals surface area contributed by atoms with Crippen LogP contribution in [0.4, 0.5) is 18.9 Å². The molecule has 0 saturated carbocycles. The van der Waals surface area contributed by atoms with E-state index in [4.69, 9.17) is 0 Å². The molecule has 0 fully saturated rings. The quantitative estimate of drug-likeness (QED) is 0.746. The Kier molecular flexibility index (Phi) is 6.68. The Bertz CT molecular complexity index is 929. The van der Waals surface area contributed by atoms with Gasteiger partial charge in [-0.3, -0.25) is 4.79 Å². The molecule has 2 rings (SSSR count). The number of nitrogens with zero attached hydrogens (tertiary/aromatic N) is 1. The lowest BCUT2D eigenvalue weighted by molar-refractivity contribution is -0.274. The van der Waals surface area contributed by atoms with Crippen LogP contribution < -0.4 is 10.1 Å². The summed E-state index contributed by atoms with van der Waals surface area (Å²) in [6, 6.07) is 10.8. The molecule has 6 nitrogen and oxygen atoms in total. The maximum atomic E-state index is 12.7. The molecule has 0 atom stereocenters. The summed E-state index contributed by atoms with van der Waals surface area (Å²) in [5.41, 5.74) is 0.509. The molecule has 2 aromatic rings. The van der Waals surface area contributed by atoms with Gasteiger partial charge in [-0.15, -0.1) is 13.2 Å². The minimum absolute atomic E-state index is 0.0567. The van der Waals surface area contributed by atoms with Gasteiger partial charge in [0.1, 0.15) is 5.75 Å². The van der Waals surface area contributed by atoms with Crippen molar-refractivity contribution in [2.45, 2.75) is 31.1 Å². The Morgan fingerprint density at radius 1 is 1.11 bits per heavy atom. The number of hydrogen-bond donors (Lipinski definition) is 1. The third-order valence-electron chi connectivity index (χ3n) is 3.76. The standard InChI is InChI=1S/C18H19F3N2O4S/c1-3-17(24)22-14-8-10-15(11-9-14)28(25,26)23(2)12-13-6-4-5-7-16(13)27-18(19,20)21/h4-11H,3,12H2,1-2H3,(H,22,24). The highest BCUT2D eigenvalue weighted by Gasteiger charge is 2.32. The molecule has 0 bridgehead atoms. The molecule has 0 unspecified atom stereocenters. The highest BCUT2D eigenvalue weighted by molar-refractivity contribution is 7.89. The van der Waals surface area contributed by atoms with Gasteiger partial charge in [0.25, 0.3) is 0 Å². The summed E-state index contributed by atoms with van der Waals surface area (Å²) in [7, 11) is -2.71. The van der Waals surface area contributed by atoms with Gasteiger partial charge in [0.2, 0.25) is 15.9 Å². The normalized spacial score (nSPS) is 12.1. The SMILES string of the molecule is CCC(=O)Nc1ccc(S(=O)(=O)N(C)Cc2ccccc2OC(F)(F)F)cc1. The second-order valence-electron chi connectivity index (χ2n) is 5.84. The number of anilines is 1. The second-order valence-corrected chi connectivity index (χ2v) is 7.89. The van der Waals surface area contributed by atoms with Crippen LogP contribution in [0.3, 0.4) is 0 Å². The van der Waals surface area contributed by atoms with E-state index in [1.807, 2.05) is 0 Å². The Morgan fingerprint density at radius 3 is 2.29 bits per heavy atom. The lowest BCUT2D eigenvalue weighted by atomic mass is 10.2. The zero-order valence-corrected chi connectivity index (χ0v) is 16.0. The Balaban J connectivity index is 2.20. The van der Waals surface area contributed by atoms with E-state index >= 15 is 0 Å². The number of alkyl halides is 3. The number of hydrogen-bond acceptors (Lipinski definition) is 4. The maximum absolute atomic E-state index is 12.7. The van der Waals surface area contributed by atoms with Crippen LogP contribution in [-0.2, 0) is 21.4 Å². The zero-order valence-electron chi connectivity index (χ0n) is 15.2. The fourth-order valence-electron chi connectivity index (χ4n) is 2.32. The number of ether oxygens (including phenoxy) is 1. The van der Waals surface area contributed by atoms with E-state index in [2.05, 4.69) is 10.1 Å². The van der Waals surface area contributed by atoms with Crippen molar-refractivity contribution in [3.63, 3.8) is 0 Å². The summed E-state index contributed by atoms with van der Waals surface area (Å²) in [4.78, 5) is 11.3. The van der Waals surface area contributed by atoms with Crippen LogP contribution in [0.15, 0.2) is 53.4 Å². The van der Waals surface area contributed by atoms with Crippen molar-refractivity contribution in [1.82, 2.24) is 4.31 Å². The number of carbonyl (C=O) groups is 1. The first-order chi connectivity index (χ1) is 13.0. The molecule has 1 N–H and O–H groups in total. The Hall–Kier alpha value is -2.59. The van der Waals surface area contributed by atoms with Crippen molar-refractivity contribution < 1.29 is 31.1 Å². The molecule has 0 spiro atoms. The Labute approximate surface area is 161 Å². The number of halogens is 3. The van der Waals surface area contributed by atoms with E-state index in [1.165, 1.54) is 49.5 Å². The van der Waals surface area contributed by atoms with Gasteiger partial charge in [0, 0.05) is 31.3 Å². The predicted octanol–water partition coefficient (Wildman–Crippen LogP) is 3.75. The summed E-state index contributed by atoms with van der Waals surface area (Å²) < 4.78 is 67.9. The minimum Gasteiger partial charge on any atom is -0.405 e. The molecule has 1 amide bonds. The first kappa shape index (κ1) is 21.7. The molecule has 0 aliphatic heterocycles. The van der Waals surface area contributed by atoms with Crippen LogP contribution in [0, 0.1) is 0 Å². The van der Waals surface area contributed by atoms with Gasteiger partial charge in [-0.2, -0.15) is 4.31 Å². The molecular weight excluding hydrogens is 397 g/mol. The van der Waals surface area contributed by atoms with Crippen LogP contribution in [0.25, 0.3) is 0 Å². The minimum atomic E-state index is -4.88. The van der Waals surface area contributed by atoms with Gasteiger partial charge in [-0.25, -0.2) is 8.42 Å². The number of amides is 1. The fraction of sp³-hybridized carbons (Fsp3) is 0.278. The van der Waals surface area contributed by atoms with Gasteiger partial charge in [-0.05, 0) is 30.3 Å². The Morgan fingerprint density at radius 2 is 1.71 bits per heavy atom. The van der Waals surface area contributed by atoms with E-state index in [-0.39, 0.29) is 29.3 Å². The average molecular weight is 416 g/mol. The van der Waals surface area contributed by atoms with Gasteiger partial charge < -0.3 is 10.1 Å². The highest BCUT2D eigenvalue weighted by Crippen LogP contribution is 2.28. The summed E-state index contributed by atoms with van der Waals surface area (Å²) in [6.45, 7) is 1.37. The van der Waals surface area contributed by atoms with E-state index in [9.17, 15) is 26.4 Å². The third kappa shape index (κ3) is 5.70. The zero-order chi connectivity index (χ0) is 20.9. The highest BCUT2D eigenvalue weighted by atomic mass is 32.2. The summed E-state index contributed by atoms with van der Waals surface area (Å²) >= 11 is 0. The van der Waals surface area contributed by atoms with Gasteiger partial charge >= 0.3 is 6.36 Å². The maximum Gasteiger partial charge on any atom is 0.573 e. The number of para-hydroxylation sites is 1. The molecule has 10 heteroatoms. The van der Waals surface area contributed by atoms with Crippen LogP contribution in [-0.4, -0.2) is 32.0 Å². The molecular formula is C18H19F3N2O4S. The largest absolute Gasteiger partial charge is 0.573 e. The van der Waals surface area contributed by atoms with E-state index in [0.29, 0.717) is 5.69 Å². The molecule has 0 saturated heterocycles. The van der Waals surface area contributed by atoms with E-state index in [1.54, 1.807) is 6.92 Å².